The Kier molecular flexibility index (Phi) is 9.17. The van der Waals surface area contributed by atoms with Crippen molar-refractivity contribution in [3.05, 3.63) is 136 Å². The molecule has 11 rings (SSSR count). The van der Waals surface area contributed by atoms with Gasteiger partial charge in [-0.1, -0.05) is 131 Å². The van der Waals surface area contributed by atoms with E-state index in [0.29, 0.717) is 5.92 Å². The summed E-state index contributed by atoms with van der Waals surface area (Å²) in [5, 5.41) is 2.40. The number of aryl methyl sites for hydroxylation is 2. The summed E-state index contributed by atoms with van der Waals surface area (Å²) in [5.41, 5.74) is 23.6. The van der Waals surface area contributed by atoms with Crippen molar-refractivity contribution in [2.24, 2.45) is 0 Å². The first-order chi connectivity index (χ1) is 30.3. The van der Waals surface area contributed by atoms with E-state index in [1.54, 1.807) is 0 Å². The molecule has 1 saturated carbocycles. The molecule has 0 saturated heterocycles. The predicted molar refractivity (Wildman–Crippen MR) is 276 cm³/mol. The summed E-state index contributed by atoms with van der Waals surface area (Å²) in [6, 6.07) is 38.6. The van der Waals surface area contributed by atoms with Crippen molar-refractivity contribution in [1.29, 1.82) is 0 Å². The number of hydrogen-bond acceptors (Lipinski definition) is 3. The molecule has 0 radical (unpaired) electrons. The normalized spacial score (nSPS) is 18.0. The van der Waals surface area contributed by atoms with Crippen LogP contribution in [0.1, 0.15) is 159 Å². The fourth-order valence-corrected chi connectivity index (χ4v) is 12.2. The molecule has 1 fully saturated rings. The third kappa shape index (κ3) is 6.28. The minimum atomic E-state index is -0.0430. The van der Waals surface area contributed by atoms with Crippen LogP contribution in [-0.4, -0.2) is 6.71 Å². The van der Waals surface area contributed by atoms with Crippen molar-refractivity contribution in [2.75, 3.05) is 9.80 Å². The average molecular weight is 843 g/mol. The summed E-state index contributed by atoms with van der Waals surface area (Å²) in [5.74, 6) is 0.527. The van der Waals surface area contributed by atoms with Gasteiger partial charge in [-0.15, -0.1) is 0 Å². The predicted octanol–water partition coefficient (Wildman–Crippen LogP) is 15.3. The van der Waals surface area contributed by atoms with Crippen LogP contribution in [0.15, 0.2) is 101 Å². The molecular weight excluding hydrogens is 775 g/mol. The molecule has 0 N–H and O–H groups in total. The average Bonchev–Trinajstić information content (AvgIpc) is 3.63. The van der Waals surface area contributed by atoms with E-state index >= 15 is 0 Å². The molecule has 2 aliphatic heterocycles. The number of rotatable bonds is 3. The van der Waals surface area contributed by atoms with E-state index in [9.17, 15) is 0 Å². The van der Waals surface area contributed by atoms with E-state index in [1.807, 2.05) is 0 Å². The van der Waals surface area contributed by atoms with Gasteiger partial charge in [0.15, 0.2) is 0 Å². The number of nitrogens with zero attached hydrogens (tertiary/aromatic N) is 2. The van der Waals surface area contributed by atoms with Crippen molar-refractivity contribution in [1.82, 2.24) is 0 Å². The minimum Gasteiger partial charge on any atom is -0.457 e. The summed E-state index contributed by atoms with van der Waals surface area (Å²) >= 11 is 0. The minimum absolute atomic E-state index is 0.0200. The molecule has 0 amide bonds. The van der Waals surface area contributed by atoms with Crippen molar-refractivity contribution in [3.8, 4) is 0 Å². The van der Waals surface area contributed by atoms with E-state index < -0.39 is 0 Å². The summed E-state index contributed by atoms with van der Waals surface area (Å²) in [6.45, 7) is 28.5. The van der Waals surface area contributed by atoms with Gasteiger partial charge in [0.1, 0.15) is 11.2 Å². The maximum atomic E-state index is 7.30. The summed E-state index contributed by atoms with van der Waals surface area (Å²) < 4.78 is 7.30. The van der Waals surface area contributed by atoms with Crippen molar-refractivity contribution in [2.45, 2.75) is 156 Å². The van der Waals surface area contributed by atoms with Crippen LogP contribution in [0, 0.1) is 13.8 Å². The fraction of sp³-hybridized carbons (Fsp3) is 0.400. The van der Waals surface area contributed by atoms with Gasteiger partial charge in [0.2, 0.25) is 0 Å². The number of para-hydroxylation sites is 1. The Morgan fingerprint density at radius 3 is 1.80 bits per heavy atom. The van der Waals surface area contributed by atoms with Crippen LogP contribution < -0.4 is 26.2 Å². The first-order valence-corrected chi connectivity index (χ1v) is 24.5. The van der Waals surface area contributed by atoms with Gasteiger partial charge < -0.3 is 14.2 Å². The third-order valence-corrected chi connectivity index (χ3v) is 16.3. The molecule has 0 unspecified atom stereocenters. The number of benzene rings is 6. The summed E-state index contributed by atoms with van der Waals surface area (Å²) in [4.78, 5) is 5.34. The molecule has 4 heteroatoms. The lowest BCUT2D eigenvalue weighted by Gasteiger charge is -2.48. The molecule has 0 bridgehead atoms. The summed E-state index contributed by atoms with van der Waals surface area (Å²) in [6.07, 6.45) is 8.74. The van der Waals surface area contributed by atoms with Gasteiger partial charge in [0.05, 0.1) is 0 Å². The Balaban J connectivity index is 1.31. The van der Waals surface area contributed by atoms with Crippen LogP contribution in [0.25, 0.3) is 21.9 Å². The fourth-order valence-electron chi connectivity index (χ4n) is 12.2. The van der Waals surface area contributed by atoms with E-state index in [0.717, 1.165) is 11.2 Å². The smallest absolute Gasteiger partial charge is 0.257 e. The van der Waals surface area contributed by atoms with Crippen LogP contribution in [-0.2, 0) is 21.7 Å². The van der Waals surface area contributed by atoms with Gasteiger partial charge in [0, 0.05) is 44.9 Å². The molecule has 3 nitrogen and oxygen atoms in total. The second kappa shape index (κ2) is 14.1. The highest BCUT2D eigenvalue weighted by molar-refractivity contribution is 7.01. The van der Waals surface area contributed by atoms with E-state index in [4.69, 9.17) is 4.42 Å². The largest absolute Gasteiger partial charge is 0.457 e. The second-order valence-corrected chi connectivity index (χ2v) is 23.6. The molecule has 326 valence electrons. The number of furan rings is 1. The number of hydrogen-bond donors (Lipinski definition) is 0. The first kappa shape index (κ1) is 41.5. The van der Waals surface area contributed by atoms with E-state index in [-0.39, 0.29) is 28.4 Å². The van der Waals surface area contributed by atoms with Gasteiger partial charge in [-0.05, 0) is 177 Å². The van der Waals surface area contributed by atoms with Crippen molar-refractivity contribution >= 4 is 79.2 Å². The lowest BCUT2D eigenvalue weighted by Crippen LogP contribution is -2.62. The van der Waals surface area contributed by atoms with E-state index in [1.165, 1.54) is 145 Å². The standard InChI is InChI=1S/C60H67BN2O/c1-36-18-16-17-21-47(36)62-49-26-24-42-43-33-41(58(6,7)8)23-27-53(43)64-56(42)55(49)61-46-34-44-45(60(11,12)29-28-59(44,9)10)35-50(46)63(48-25-22-40(30-37(48)2)57(3,4)5)52-32-39(31-51(62)54(52)61)38-19-14-13-15-20-38/h16-18,21-27,30-35,38H,13-15,19-20,28-29H2,1-12H3. The molecule has 6 aromatic carbocycles. The van der Waals surface area contributed by atoms with Crippen LogP contribution in [0.3, 0.4) is 0 Å². The van der Waals surface area contributed by atoms with Crippen molar-refractivity contribution < 1.29 is 4.42 Å². The lowest BCUT2D eigenvalue weighted by atomic mass is 9.32. The van der Waals surface area contributed by atoms with Gasteiger partial charge in [-0.25, -0.2) is 0 Å². The van der Waals surface area contributed by atoms with Gasteiger partial charge in [-0.3, -0.25) is 0 Å². The van der Waals surface area contributed by atoms with Gasteiger partial charge >= 0.3 is 0 Å². The van der Waals surface area contributed by atoms with Crippen LogP contribution >= 0.6 is 0 Å². The van der Waals surface area contributed by atoms with Crippen molar-refractivity contribution in [3.63, 3.8) is 0 Å². The summed E-state index contributed by atoms with van der Waals surface area (Å²) in [7, 11) is 0. The molecule has 4 aliphatic rings. The molecule has 2 aliphatic carbocycles. The maximum Gasteiger partial charge on any atom is 0.257 e. The van der Waals surface area contributed by atoms with Crippen LogP contribution in [0.4, 0.5) is 34.1 Å². The molecule has 1 aromatic heterocycles. The molecular formula is C60H67BN2O. The highest BCUT2D eigenvalue weighted by Crippen LogP contribution is 2.52. The Hall–Kier alpha value is -5.22. The Bertz CT molecular complexity index is 3050. The highest BCUT2D eigenvalue weighted by Gasteiger charge is 2.48. The number of fused-ring (bicyclic) bond motifs is 9. The monoisotopic (exact) mass is 843 g/mol. The van der Waals surface area contributed by atoms with Crippen LogP contribution in [0.5, 0.6) is 0 Å². The third-order valence-electron chi connectivity index (χ3n) is 16.3. The Morgan fingerprint density at radius 2 is 1.14 bits per heavy atom. The van der Waals surface area contributed by atoms with Gasteiger partial charge in [-0.2, -0.15) is 0 Å². The quantitative estimate of drug-likeness (QED) is 0.165. The molecule has 3 heterocycles. The molecule has 0 spiro atoms. The molecule has 7 aromatic rings. The maximum absolute atomic E-state index is 7.30. The highest BCUT2D eigenvalue weighted by atomic mass is 16.3. The zero-order chi connectivity index (χ0) is 44.8. The topological polar surface area (TPSA) is 19.6 Å². The second-order valence-electron chi connectivity index (χ2n) is 23.6. The Morgan fingerprint density at radius 1 is 0.547 bits per heavy atom. The lowest BCUT2D eigenvalue weighted by molar-refractivity contribution is 0.332. The molecule has 0 atom stereocenters. The zero-order valence-electron chi connectivity index (χ0n) is 40.6. The van der Waals surface area contributed by atoms with Gasteiger partial charge in [0.25, 0.3) is 6.71 Å². The van der Waals surface area contributed by atoms with E-state index in [2.05, 4.69) is 190 Å². The number of anilines is 6. The first-order valence-electron chi connectivity index (χ1n) is 24.5. The zero-order valence-corrected chi connectivity index (χ0v) is 40.6. The Labute approximate surface area is 383 Å². The molecule has 64 heavy (non-hydrogen) atoms. The SMILES string of the molecule is Cc1cc(C(C)(C)C)ccc1N1c2cc3c(cc2B2c4c1cc(C1CCCCC1)cc4N(c1ccccc1C)c1ccc4c(oc5ccc(C(C)(C)C)cc54)c12)C(C)(C)CCC3(C)C. The van der Waals surface area contributed by atoms with Crippen LogP contribution in [0.2, 0.25) is 0 Å².